The Morgan fingerprint density at radius 3 is 2.88 bits per heavy atom. The van der Waals surface area contributed by atoms with Gasteiger partial charge in [-0.25, -0.2) is 4.79 Å². The summed E-state index contributed by atoms with van der Waals surface area (Å²) in [6.07, 6.45) is 3.26. The third-order valence-corrected chi connectivity index (χ3v) is 3.71. The van der Waals surface area contributed by atoms with Crippen molar-refractivity contribution < 1.29 is 14.4 Å². The van der Waals surface area contributed by atoms with E-state index in [-0.39, 0.29) is 18.3 Å². The maximum atomic E-state index is 11.7. The number of benzene rings is 1. The Balaban J connectivity index is 2.05. The Morgan fingerprint density at radius 2 is 2.20 bits per heavy atom. The molecule has 0 N–H and O–H groups in total. The van der Waals surface area contributed by atoms with E-state index in [9.17, 15) is 4.79 Å². The lowest BCUT2D eigenvalue weighted by atomic mass is 10.2. The molecule has 130 valence electrons. The maximum absolute atomic E-state index is 11.7. The molecule has 0 amide bonds. The maximum Gasteiger partial charge on any atom is 0.360 e. The van der Waals surface area contributed by atoms with Crippen LogP contribution in [0, 0.1) is 0 Å². The van der Waals surface area contributed by atoms with Gasteiger partial charge in [0.2, 0.25) is 0 Å². The van der Waals surface area contributed by atoms with Gasteiger partial charge in [0.05, 0.1) is 30.2 Å². The number of carbonyl (C=O) groups excluding carboxylic acids is 1. The highest BCUT2D eigenvalue weighted by molar-refractivity contribution is 5.89. The fraction of sp³-hybridized carbons (Fsp3) is 0.294. The molecular weight excluding hydrogens is 322 g/mol. The molecule has 0 radical (unpaired) electrons. The highest BCUT2D eigenvalue weighted by Gasteiger charge is 2.16. The van der Waals surface area contributed by atoms with Crippen LogP contribution in [0.5, 0.6) is 5.75 Å². The summed E-state index contributed by atoms with van der Waals surface area (Å²) >= 11 is 0. The summed E-state index contributed by atoms with van der Waals surface area (Å²) in [5.74, 6) is 0.0963. The van der Waals surface area contributed by atoms with Crippen LogP contribution in [-0.2, 0) is 4.74 Å². The first-order valence-electron chi connectivity index (χ1n) is 7.92. The molecule has 0 atom stereocenters. The van der Waals surface area contributed by atoms with Crippen LogP contribution in [0.2, 0.25) is 0 Å². The van der Waals surface area contributed by atoms with E-state index < -0.39 is 5.97 Å². The molecule has 25 heavy (non-hydrogen) atoms. The Labute approximate surface area is 144 Å². The minimum absolute atomic E-state index is 0.158. The zero-order chi connectivity index (χ0) is 18.0. The molecule has 2 aromatic heterocycles. The molecule has 0 aliphatic heterocycles. The quantitative estimate of drug-likeness (QED) is 0.391. The average Bonchev–Trinajstić information content (AvgIpc) is 3.20. The molecule has 2 heterocycles. The number of rotatable bonds is 6. The predicted molar refractivity (Wildman–Crippen MR) is 93.4 cm³/mol. The number of hydrogen-bond donors (Lipinski definition) is 0. The van der Waals surface area contributed by atoms with Gasteiger partial charge in [0.1, 0.15) is 0 Å². The summed E-state index contributed by atoms with van der Waals surface area (Å²) in [5, 5.41) is 12.7. The van der Waals surface area contributed by atoms with Gasteiger partial charge in [-0.2, -0.15) is 9.90 Å². The fourth-order valence-electron chi connectivity index (χ4n) is 2.59. The predicted octanol–water partition coefficient (Wildman–Crippen LogP) is 2.97. The summed E-state index contributed by atoms with van der Waals surface area (Å²) in [5.41, 5.74) is 1.85. The van der Waals surface area contributed by atoms with Crippen molar-refractivity contribution in [1.82, 2.24) is 19.6 Å². The summed E-state index contributed by atoms with van der Waals surface area (Å²) in [4.78, 5) is 18.4. The zero-order valence-corrected chi connectivity index (χ0v) is 14.3. The van der Waals surface area contributed by atoms with Crippen molar-refractivity contribution in [2.24, 2.45) is 5.16 Å². The second kappa shape index (κ2) is 6.76. The van der Waals surface area contributed by atoms with Gasteiger partial charge in [-0.1, -0.05) is 5.16 Å². The van der Waals surface area contributed by atoms with Crippen molar-refractivity contribution in [3.63, 3.8) is 0 Å². The summed E-state index contributed by atoms with van der Waals surface area (Å²) in [6.45, 7) is 9.57. The van der Waals surface area contributed by atoms with E-state index in [2.05, 4.69) is 40.5 Å². The third-order valence-electron chi connectivity index (χ3n) is 3.71. The highest BCUT2D eigenvalue weighted by atomic mass is 16.6. The molecule has 1 aromatic carbocycles. The van der Waals surface area contributed by atoms with E-state index in [1.165, 1.54) is 11.0 Å². The van der Waals surface area contributed by atoms with Gasteiger partial charge < -0.3 is 14.1 Å². The molecule has 0 unspecified atom stereocenters. The van der Waals surface area contributed by atoms with E-state index in [4.69, 9.17) is 9.57 Å². The molecule has 8 nitrogen and oxygen atoms in total. The number of hydrogen-bond acceptors (Lipinski definition) is 6. The van der Waals surface area contributed by atoms with Crippen molar-refractivity contribution in [3.8, 4) is 11.4 Å². The average molecular weight is 341 g/mol. The van der Waals surface area contributed by atoms with Crippen molar-refractivity contribution >= 4 is 23.6 Å². The van der Waals surface area contributed by atoms with E-state index in [1.807, 2.05) is 24.4 Å². The molecule has 0 saturated heterocycles. The smallest absolute Gasteiger partial charge is 0.360 e. The molecular formula is C17H19N5O3. The van der Waals surface area contributed by atoms with E-state index >= 15 is 0 Å². The van der Waals surface area contributed by atoms with Crippen LogP contribution in [0.15, 0.2) is 35.7 Å². The highest BCUT2D eigenvalue weighted by Crippen LogP contribution is 2.32. The van der Waals surface area contributed by atoms with Crippen LogP contribution >= 0.6 is 0 Å². The Bertz CT molecular complexity index is 926. The second-order valence-electron chi connectivity index (χ2n) is 5.66. The topological polar surface area (TPSA) is 83.5 Å². The van der Waals surface area contributed by atoms with Gasteiger partial charge in [0, 0.05) is 18.1 Å². The van der Waals surface area contributed by atoms with Crippen LogP contribution in [0.4, 0.5) is 0 Å². The summed E-state index contributed by atoms with van der Waals surface area (Å²) in [7, 11) is 0. The van der Waals surface area contributed by atoms with Crippen LogP contribution in [-0.4, -0.2) is 38.9 Å². The lowest BCUT2D eigenvalue weighted by Gasteiger charge is -2.08. The first kappa shape index (κ1) is 16.7. The summed E-state index contributed by atoms with van der Waals surface area (Å²) in [6, 6.07) is 5.97. The minimum atomic E-state index is -0.499. The molecule has 3 aromatic rings. The first-order chi connectivity index (χ1) is 12.0. The fourth-order valence-corrected chi connectivity index (χ4v) is 2.59. The number of fused-ring (bicyclic) bond motifs is 1. The number of oxime groups is 1. The van der Waals surface area contributed by atoms with Crippen LogP contribution in [0.3, 0.4) is 0 Å². The van der Waals surface area contributed by atoms with E-state index in [0.29, 0.717) is 11.4 Å². The number of ether oxygens (including phenoxy) is 1. The van der Waals surface area contributed by atoms with E-state index in [0.717, 1.165) is 10.9 Å². The third kappa shape index (κ3) is 3.10. The molecule has 8 heteroatoms. The van der Waals surface area contributed by atoms with Gasteiger partial charge in [0.25, 0.3) is 0 Å². The van der Waals surface area contributed by atoms with Gasteiger partial charge in [-0.15, -0.1) is 5.10 Å². The Kier molecular flexibility index (Phi) is 4.51. The Morgan fingerprint density at radius 1 is 1.40 bits per heavy atom. The molecule has 0 aliphatic carbocycles. The molecule has 0 bridgehead atoms. The molecule has 0 spiro atoms. The zero-order valence-electron chi connectivity index (χ0n) is 14.3. The van der Waals surface area contributed by atoms with Crippen molar-refractivity contribution in [2.75, 3.05) is 6.61 Å². The largest absolute Gasteiger partial charge is 0.461 e. The minimum Gasteiger partial charge on any atom is -0.461 e. The van der Waals surface area contributed by atoms with Crippen LogP contribution in [0.25, 0.3) is 16.6 Å². The molecule has 0 aliphatic rings. The van der Waals surface area contributed by atoms with Gasteiger partial charge >= 0.3 is 5.97 Å². The first-order valence-corrected chi connectivity index (χ1v) is 7.92. The van der Waals surface area contributed by atoms with Crippen molar-refractivity contribution in [1.29, 1.82) is 0 Å². The van der Waals surface area contributed by atoms with E-state index in [1.54, 1.807) is 6.92 Å². The normalized spacial score (nSPS) is 11.0. The SMILES string of the molecule is C=NOc1cn(C(C)C)c2ccc(-n3ncc(C(=O)OCC)n3)cc12. The Hall–Kier alpha value is -3.16. The van der Waals surface area contributed by atoms with Gasteiger partial charge in [-0.05, 0) is 39.0 Å². The van der Waals surface area contributed by atoms with Crippen molar-refractivity contribution in [2.45, 2.75) is 26.8 Å². The lowest BCUT2D eigenvalue weighted by Crippen LogP contribution is -2.07. The molecule has 3 rings (SSSR count). The lowest BCUT2D eigenvalue weighted by molar-refractivity contribution is 0.0519. The van der Waals surface area contributed by atoms with Crippen LogP contribution < -0.4 is 4.84 Å². The number of aromatic nitrogens is 4. The number of esters is 1. The molecule has 0 saturated carbocycles. The van der Waals surface area contributed by atoms with Gasteiger partial charge in [-0.3, -0.25) is 0 Å². The second-order valence-corrected chi connectivity index (χ2v) is 5.66. The van der Waals surface area contributed by atoms with Crippen molar-refractivity contribution in [3.05, 3.63) is 36.3 Å². The molecule has 0 fully saturated rings. The number of nitrogens with zero attached hydrogens (tertiary/aromatic N) is 5. The standard InChI is InChI=1S/C17H19N5O3/c1-5-24-17(23)14-9-19-22(20-14)12-6-7-15-13(8-12)16(25-18-4)10-21(15)11(2)3/h6-11H,4-5H2,1-3H3. The monoisotopic (exact) mass is 341 g/mol. The van der Waals surface area contributed by atoms with Gasteiger partial charge in [0.15, 0.2) is 11.4 Å². The summed E-state index contributed by atoms with van der Waals surface area (Å²) < 4.78 is 7.01. The van der Waals surface area contributed by atoms with Crippen LogP contribution in [0.1, 0.15) is 37.3 Å². The number of carbonyl (C=O) groups is 1.